The third-order valence-corrected chi connectivity index (χ3v) is 4.20. The summed E-state index contributed by atoms with van der Waals surface area (Å²) in [5, 5.41) is 3.05. The van der Waals surface area contributed by atoms with E-state index in [0.29, 0.717) is 61.8 Å². The molecule has 0 aliphatic heterocycles. The van der Waals surface area contributed by atoms with E-state index < -0.39 is 11.2 Å². The van der Waals surface area contributed by atoms with Crippen LogP contribution in [0.4, 0.5) is 0 Å². The molecule has 0 fully saturated rings. The molecule has 160 valence electrons. The van der Waals surface area contributed by atoms with Crippen molar-refractivity contribution in [1.29, 1.82) is 0 Å². The Morgan fingerprint density at radius 3 is 2.41 bits per heavy atom. The number of nitrogens with one attached hydrogen (secondary N) is 2. The number of carbonyl (C=O) groups excluding carboxylic acids is 1. The van der Waals surface area contributed by atoms with Gasteiger partial charge in [-0.25, -0.2) is 4.79 Å². The molecule has 0 saturated heterocycles. The maximum absolute atomic E-state index is 12.8. The molecule has 1 heterocycles. The summed E-state index contributed by atoms with van der Waals surface area (Å²) in [6.07, 6.45) is 0.733. The third-order valence-electron chi connectivity index (χ3n) is 4.20. The van der Waals surface area contributed by atoms with Crippen LogP contribution >= 0.6 is 0 Å². The van der Waals surface area contributed by atoms with E-state index in [1.165, 1.54) is 0 Å². The summed E-state index contributed by atoms with van der Waals surface area (Å²) in [4.78, 5) is 39.8. The summed E-state index contributed by atoms with van der Waals surface area (Å²) in [5.41, 5.74) is -0.682. The smallest absolute Gasteiger partial charge is 0.328 e. The average molecular weight is 407 g/mol. The van der Waals surface area contributed by atoms with Crippen molar-refractivity contribution in [2.45, 2.75) is 40.2 Å². The van der Waals surface area contributed by atoms with Crippen molar-refractivity contribution in [3.8, 4) is 11.5 Å². The summed E-state index contributed by atoms with van der Waals surface area (Å²) < 4.78 is 17.3. The monoisotopic (exact) mass is 407 g/mol. The maximum atomic E-state index is 12.8. The van der Waals surface area contributed by atoms with E-state index in [0.717, 1.165) is 4.57 Å². The molecule has 0 spiro atoms. The van der Waals surface area contributed by atoms with Crippen molar-refractivity contribution in [1.82, 2.24) is 14.9 Å². The number of hydrogen-bond acceptors (Lipinski definition) is 6. The van der Waals surface area contributed by atoms with E-state index in [-0.39, 0.29) is 18.9 Å². The number of amides is 1. The number of aromatic nitrogens is 2. The third kappa shape index (κ3) is 6.08. The average Bonchev–Trinajstić information content (AvgIpc) is 2.69. The first-order valence-electron chi connectivity index (χ1n) is 9.92. The molecule has 9 nitrogen and oxygen atoms in total. The van der Waals surface area contributed by atoms with Crippen LogP contribution in [0.2, 0.25) is 0 Å². The highest BCUT2D eigenvalue weighted by atomic mass is 16.5. The number of nitrogens with zero attached hydrogens (tertiary/aromatic N) is 1. The highest BCUT2D eigenvalue weighted by molar-refractivity contribution is 5.81. The summed E-state index contributed by atoms with van der Waals surface area (Å²) in [6, 6.07) is 3.15. The zero-order chi connectivity index (χ0) is 21.2. The molecular formula is C20H29N3O6. The minimum Gasteiger partial charge on any atom is -0.490 e. The van der Waals surface area contributed by atoms with Gasteiger partial charge < -0.3 is 24.5 Å². The molecule has 0 bridgehead atoms. The molecule has 0 saturated carbocycles. The molecule has 1 aromatic heterocycles. The van der Waals surface area contributed by atoms with Crippen molar-refractivity contribution in [2.24, 2.45) is 0 Å². The lowest BCUT2D eigenvalue weighted by molar-refractivity contribution is -0.121. The Hall–Kier alpha value is -2.81. The second-order valence-electron chi connectivity index (χ2n) is 6.25. The van der Waals surface area contributed by atoms with Crippen LogP contribution in [0.1, 0.15) is 33.6 Å². The summed E-state index contributed by atoms with van der Waals surface area (Å²) >= 11 is 0. The van der Waals surface area contributed by atoms with Crippen LogP contribution in [0.5, 0.6) is 11.5 Å². The number of H-pyrrole nitrogens is 1. The Labute approximate surface area is 169 Å². The van der Waals surface area contributed by atoms with Crippen LogP contribution in [-0.4, -0.2) is 48.4 Å². The lowest BCUT2D eigenvalue weighted by atomic mass is 10.2. The largest absolute Gasteiger partial charge is 0.490 e. The molecule has 1 aromatic carbocycles. The number of aromatic amines is 1. The molecule has 0 atom stereocenters. The Morgan fingerprint density at radius 2 is 1.76 bits per heavy atom. The molecule has 0 aliphatic rings. The molecular weight excluding hydrogens is 378 g/mol. The fraction of sp³-hybridized carbons (Fsp3) is 0.550. The molecule has 0 radical (unpaired) electrons. The summed E-state index contributed by atoms with van der Waals surface area (Å²) in [7, 11) is 0. The van der Waals surface area contributed by atoms with Crippen molar-refractivity contribution in [3.05, 3.63) is 33.0 Å². The molecule has 1 amide bonds. The summed E-state index contributed by atoms with van der Waals surface area (Å²) in [5.74, 6) is 0.667. The van der Waals surface area contributed by atoms with Gasteiger partial charge in [0.15, 0.2) is 11.5 Å². The number of ether oxygens (including phenoxy) is 3. The predicted octanol–water partition coefficient (Wildman–Crippen LogP) is 1.42. The van der Waals surface area contributed by atoms with Gasteiger partial charge in [-0.05, 0) is 33.3 Å². The van der Waals surface area contributed by atoms with Gasteiger partial charge in [0.25, 0.3) is 5.56 Å². The van der Waals surface area contributed by atoms with Gasteiger partial charge in [-0.3, -0.25) is 14.2 Å². The van der Waals surface area contributed by atoms with E-state index in [9.17, 15) is 14.4 Å². The first kappa shape index (κ1) is 22.5. The lowest BCUT2D eigenvalue weighted by Gasteiger charge is -2.13. The molecule has 0 aliphatic carbocycles. The molecule has 9 heteroatoms. The van der Waals surface area contributed by atoms with E-state index in [1.54, 1.807) is 12.1 Å². The van der Waals surface area contributed by atoms with Gasteiger partial charge in [0.05, 0.1) is 24.1 Å². The van der Waals surface area contributed by atoms with Crippen LogP contribution in [0.3, 0.4) is 0 Å². The van der Waals surface area contributed by atoms with E-state index in [4.69, 9.17) is 14.2 Å². The van der Waals surface area contributed by atoms with E-state index in [1.807, 2.05) is 20.8 Å². The topological polar surface area (TPSA) is 112 Å². The van der Waals surface area contributed by atoms with Gasteiger partial charge in [-0.15, -0.1) is 0 Å². The summed E-state index contributed by atoms with van der Waals surface area (Å²) in [6.45, 7) is 8.09. The first-order valence-corrected chi connectivity index (χ1v) is 9.92. The molecule has 29 heavy (non-hydrogen) atoms. The minimum atomic E-state index is -0.571. The minimum absolute atomic E-state index is 0.0153. The fourth-order valence-electron chi connectivity index (χ4n) is 2.85. The van der Waals surface area contributed by atoms with Crippen molar-refractivity contribution in [3.63, 3.8) is 0 Å². The number of rotatable bonds is 12. The van der Waals surface area contributed by atoms with Gasteiger partial charge >= 0.3 is 5.69 Å². The Kier molecular flexibility index (Phi) is 8.72. The predicted molar refractivity (Wildman–Crippen MR) is 110 cm³/mol. The number of benzene rings is 1. The highest BCUT2D eigenvalue weighted by Crippen LogP contribution is 2.30. The van der Waals surface area contributed by atoms with Crippen LogP contribution in [0.25, 0.3) is 10.9 Å². The zero-order valence-electron chi connectivity index (χ0n) is 17.2. The quantitative estimate of drug-likeness (QED) is 0.515. The molecule has 2 rings (SSSR count). The number of carbonyl (C=O) groups is 1. The molecule has 0 unspecified atom stereocenters. The zero-order valence-corrected chi connectivity index (χ0v) is 17.2. The van der Waals surface area contributed by atoms with Gasteiger partial charge in [0, 0.05) is 38.8 Å². The van der Waals surface area contributed by atoms with Crippen LogP contribution in [0, 0.1) is 0 Å². The Morgan fingerprint density at radius 1 is 1.07 bits per heavy atom. The Bertz CT molecular complexity index is 934. The number of hydrogen-bond donors (Lipinski definition) is 2. The lowest BCUT2D eigenvalue weighted by Crippen LogP contribution is -2.37. The van der Waals surface area contributed by atoms with Crippen LogP contribution < -0.4 is 26.0 Å². The second-order valence-corrected chi connectivity index (χ2v) is 6.25. The Balaban J connectivity index is 2.17. The van der Waals surface area contributed by atoms with Gasteiger partial charge in [0.1, 0.15) is 0 Å². The highest BCUT2D eigenvalue weighted by Gasteiger charge is 2.14. The van der Waals surface area contributed by atoms with E-state index >= 15 is 0 Å². The molecule has 2 N–H and O–H groups in total. The van der Waals surface area contributed by atoms with Crippen LogP contribution in [0.15, 0.2) is 21.7 Å². The van der Waals surface area contributed by atoms with Crippen molar-refractivity contribution < 1.29 is 19.0 Å². The normalized spacial score (nSPS) is 10.9. The van der Waals surface area contributed by atoms with Crippen molar-refractivity contribution >= 4 is 16.8 Å². The van der Waals surface area contributed by atoms with Crippen molar-refractivity contribution in [2.75, 3.05) is 33.0 Å². The SMILES string of the molecule is CCOCCCNC(=O)CCn1c(=O)[nH]c2cc(OCC)c(OCC)cc2c1=O. The second kappa shape index (κ2) is 11.3. The van der Waals surface area contributed by atoms with Crippen LogP contribution in [-0.2, 0) is 16.1 Å². The van der Waals surface area contributed by atoms with Gasteiger partial charge in [0.2, 0.25) is 5.91 Å². The maximum Gasteiger partial charge on any atom is 0.328 e. The fourth-order valence-corrected chi connectivity index (χ4v) is 2.85. The number of fused-ring (bicyclic) bond motifs is 1. The first-order chi connectivity index (χ1) is 14.0. The van der Waals surface area contributed by atoms with Gasteiger partial charge in [-0.2, -0.15) is 0 Å². The standard InChI is InChI=1S/C20H29N3O6/c1-4-27-11-7-9-21-18(24)8-10-23-19(25)14-12-16(28-5-2)17(29-6-3)13-15(14)22-20(23)26/h12-13H,4-11H2,1-3H3,(H,21,24)(H,22,26). The van der Waals surface area contributed by atoms with Gasteiger partial charge in [-0.1, -0.05) is 0 Å². The molecule has 2 aromatic rings. The van der Waals surface area contributed by atoms with E-state index in [2.05, 4.69) is 10.3 Å².